The molecule has 2 heterocycles. The monoisotopic (exact) mass is 287 g/mol. The van der Waals surface area contributed by atoms with E-state index in [1.807, 2.05) is 6.92 Å². The smallest absolute Gasteiger partial charge is 0.131 e. The highest BCUT2D eigenvalue weighted by Gasteiger charge is 2.09. The number of H-pyrrole nitrogens is 1. The zero-order valence-electron chi connectivity index (χ0n) is 11.8. The number of rotatable bonds is 4. The van der Waals surface area contributed by atoms with Crippen molar-refractivity contribution >= 4 is 22.4 Å². The summed E-state index contributed by atoms with van der Waals surface area (Å²) in [5.74, 6) is 0.981. The van der Waals surface area contributed by atoms with Crippen LogP contribution in [0.3, 0.4) is 0 Å². The van der Waals surface area contributed by atoms with E-state index < -0.39 is 0 Å². The van der Waals surface area contributed by atoms with Crippen LogP contribution in [0.2, 0.25) is 0 Å². The van der Waals surface area contributed by atoms with Gasteiger partial charge in [-0.25, -0.2) is 4.98 Å². The molecular formula is C14H17N5S. The Hall–Kier alpha value is -1.79. The first-order valence-electron chi connectivity index (χ1n) is 6.53. The topological polar surface area (TPSA) is 57.7 Å². The molecule has 0 fully saturated rings. The zero-order valence-corrected chi connectivity index (χ0v) is 12.7. The van der Waals surface area contributed by atoms with Crippen molar-refractivity contribution in [2.75, 3.05) is 7.05 Å². The molecule has 0 spiro atoms. The highest BCUT2D eigenvalue weighted by molar-refractivity contribution is 7.11. The van der Waals surface area contributed by atoms with E-state index in [0.29, 0.717) is 0 Å². The summed E-state index contributed by atoms with van der Waals surface area (Å²) < 4.78 is 0. The van der Waals surface area contributed by atoms with Gasteiger partial charge in [0.25, 0.3) is 0 Å². The summed E-state index contributed by atoms with van der Waals surface area (Å²) in [4.78, 5) is 10.2. The molecule has 5 nitrogen and oxygen atoms in total. The Morgan fingerprint density at radius 2 is 2.05 bits per heavy atom. The van der Waals surface area contributed by atoms with Gasteiger partial charge in [0.1, 0.15) is 15.8 Å². The van der Waals surface area contributed by atoms with Crippen LogP contribution in [0.5, 0.6) is 0 Å². The molecular weight excluding hydrogens is 270 g/mol. The number of nitrogens with zero attached hydrogens (tertiary/aromatic N) is 4. The molecule has 2 aromatic heterocycles. The minimum atomic E-state index is 0.770. The fraction of sp³-hybridized carbons (Fsp3) is 0.357. The van der Waals surface area contributed by atoms with Crippen molar-refractivity contribution in [2.24, 2.45) is 0 Å². The Balaban J connectivity index is 1.72. The maximum atomic E-state index is 4.61. The molecule has 6 heteroatoms. The molecule has 1 aromatic carbocycles. The molecule has 0 radical (unpaired) electrons. The maximum Gasteiger partial charge on any atom is 0.131 e. The molecule has 0 atom stereocenters. The highest BCUT2D eigenvalue weighted by atomic mass is 32.1. The number of hydrogen-bond acceptors (Lipinski definition) is 5. The van der Waals surface area contributed by atoms with Crippen LogP contribution >= 0.6 is 11.3 Å². The first kappa shape index (κ1) is 13.2. The quantitative estimate of drug-likeness (QED) is 0.801. The van der Waals surface area contributed by atoms with Gasteiger partial charge in [-0.2, -0.15) is 0 Å². The van der Waals surface area contributed by atoms with Gasteiger partial charge in [0.05, 0.1) is 24.1 Å². The largest absolute Gasteiger partial charge is 0.341 e. The summed E-state index contributed by atoms with van der Waals surface area (Å²) in [6.07, 6.45) is 0. The summed E-state index contributed by atoms with van der Waals surface area (Å²) in [6, 6.07) is 6.26. The van der Waals surface area contributed by atoms with Crippen molar-refractivity contribution < 1.29 is 0 Å². The fourth-order valence-electron chi connectivity index (χ4n) is 2.20. The van der Waals surface area contributed by atoms with Crippen molar-refractivity contribution in [1.29, 1.82) is 0 Å². The van der Waals surface area contributed by atoms with Crippen molar-refractivity contribution in [3.8, 4) is 0 Å². The van der Waals surface area contributed by atoms with Crippen molar-refractivity contribution in [1.82, 2.24) is 25.1 Å². The van der Waals surface area contributed by atoms with Gasteiger partial charge in [-0.15, -0.1) is 21.5 Å². The van der Waals surface area contributed by atoms with Crippen LogP contribution in [-0.2, 0) is 13.1 Å². The van der Waals surface area contributed by atoms with E-state index in [2.05, 4.69) is 57.2 Å². The summed E-state index contributed by atoms with van der Waals surface area (Å²) >= 11 is 1.64. The summed E-state index contributed by atoms with van der Waals surface area (Å²) in [6.45, 7) is 5.63. The first-order chi connectivity index (χ1) is 9.60. The molecule has 1 N–H and O–H groups in total. The lowest BCUT2D eigenvalue weighted by Gasteiger charge is -2.12. The predicted molar refractivity (Wildman–Crippen MR) is 80.6 cm³/mol. The number of nitrogens with one attached hydrogen (secondary N) is 1. The number of fused-ring (bicyclic) bond motifs is 1. The Bertz CT molecular complexity index is 730. The van der Waals surface area contributed by atoms with E-state index in [-0.39, 0.29) is 0 Å². The van der Waals surface area contributed by atoms with E-state index in [4.69, 9.17) is 0 Å². The molecule has 0 aliphatic carbocycles. The molecule has 3 rings (SSSR count). The molecule has 0 saturated heterocycles. The molecule has 104 valence electrons. The van der Waals surface area contributed by atoms with E-state index in [9.17, 15) is 0 Å². The van der Waals surface area contributed by atoms with Crippen LogP contribution in [0.4, 0.5) is 0 Å². The Labute approximate surface area is 121 Å². The third-order valence-electron chi connectivity index (χ3n) is 3.08. The van der Waals surface area contributed by atoms with Gasteiger partial charge >= 0.3 is 0 Å². The summed E-state index contributed by atoms with van der Waals surface area (Å²) in [7, 11) is 2.06. The number of imidazole rings is 1. The molecule has 0 aliphatic rings. The predicted octanol–water partition coefficient (Wildman–Crippen LogP) is 2.66. The molecule has 0 aliphatic heterocycles. The molecule has 0 amide bonds. The van der Waals surface area contributed by atoms with Gasteiger partial charge in [-0.1, -0.05) is 6.07 Å². The van der Waals surface area contributed by atoms with E-state index in [0.717, 1.165) is 40.0 Å². The standard InChI is InChI=1S/C14H17N5S/c1-9-4-5-11-12(6-9)16-13(15-11)7-19(3)8-14-18-17-10(2)20-14/h4-6H,7-8H2,1-3H3,(H,15,16). The van der Waals surface area contributed by atoms with Crippen molar-refractivity contribution in [2.45, 2.75) is 26.9 Å². The minimum Gasteiger partial charge on any atom is -0.341 e. The average molecular weight is 287 g/mol. The Kier molecular flexibility index (Phi) is 3.50. The van der Waals surface area contributed by atoms with Crippen LogP contribution in [0.15, 0.2) is 18.2 Å². The zero-order chi connectivity index (χ0) is 14.1. The van der Waals surface area contributed by atoms with Crippen molar-refractivity contribution in [3.05, 3.63) is 39.6 Å². The minimum absolute atomic E-state index is 0.770. The molecule has 3 aromatic rings. The number of aromatic nitrogens is 4. The van der Waals surface area contributed by atoms with Crippen LogP contribution in [0.25, 0.3) is 11.0 Å². The van der Waals surface area contributed by atoms with Gasteiger partial charge in [-0.05, 0) is 38.6 Å². The Morgan fingerprint density at radius 1 is 1.20 bits per heavy atom. The highest BCUT2D eigenvalue weighted by Crippen LogP contribution is 2.15. The van der Waals surface area contributed by atoms with Crippen LogP contribution in [0, 0.1) is 13.8 Å². The number of benzene rings is 1. The van der Waals surface area contributed by atoms with Gasteiger partial charge in [0.15, 0.2) is 0 Å². The number of aryl methyl sites for hydroxylation is 2. The number of hydrogen-bond donors (Lipinski definition) is 1. The van der Waals surface area contributed by atoms with Gasteiger partial charge in [-0.3, -0.25) is 4.90 Å². The maximum absolute atomic E-state index is 4.61. The molecule has 0 saturated carbocycles. The lowest BCUT2D eigenvalue weighted by atomic mass is 10.2. The van der Waals surface area contributed by atoms with Gasteiger partial charge < -0.3 is 4.98 Å². The molecule has 0 unspecified atom stereocenters. The summed E-state index contributed by atoms with van der Waals surface area (Å²) in [5.41, 5.74) is 3.36. The second-order valence-electron chi connectivity index (χ2n) is 5.09. The average Bonchev–Trinajstić information content (AvgIpc) is 2.94. The van der Waals surface area contributed by atoms with Crippen molar-refractivity contribution in [3.63, 3.8) is 0 Å². The fourth-order valence-corrected chi connectivity index (χ4v) is 2.98. The second-order valence-corrected chi connectivity index (χ2v) is 6.36. The van der Waals surface area contributed by atoms with Crippen LogP contribution in [-0.4, -0.2) is 32.1 Å². The lowest BCUT2D eigenvalue weighted by molar-refractivity contribution is 0.310. The van der Waals surface area contributed by atoms with E-state index >= 15 is 0 Å². The lowest BCUT2D eigenvalue weighted by Crippen LogP contribution is -2.17. The van der Waals surface area contributed by atoms with Gasteiger partial charge in [0, 0.05) is 0 Å². The number of aromatic amines is 1. The van der Waals surface area contributed by atoms with E-state index in [1.165, 1.54) is 5.56 Å². The second kappa shape index (κ2) is 5.30. The third kappa shape index (κ3) is 2.86. The molecule has 20 heavy (non-hydrogen) atoms. The SMILES string of the molecule is Cc1ccc2nc(CN(C)Cc3nnc(C)s3)[nH]c2c1. The summed E-state index contributed by atoms with van der Waals surface area (Å²) in [5, 5.41) is 10.2. The Morgan fingerprint density at radius 3 is 2.80 bits per heavy atom. The van der Waals surface area contributed by atoms with E-state index in [1.54, 1.807) is 11.3 Å². The van der Waals surface area contributed by atoms with Gasteiger partial charge in [0.2, 0.25) is 0 Å². The molecule has 0 bridgehead atoms. The van der Waals surface area contributed by atoms with Crippen LogP contribution in [0.1, 0.15) is 21.4 Å². The van der Waals surface area contributed by atoms with Crippen LogP contribution < -0.4 is 0 Å². The normalized spacial score (nSPS) is 11.6. The first-order valence-corrected chi connectivity index (χ1v) is 7.34. The third-order valence-corrected chi connectivity index (χ3v) is 3.90.